The predicted molar refractivity (Wildman–Crippen MR) is 150 cm³/mol. The number of aromatic nitrogens is 1. The van der Waals surface area contributed by atoms with E-state index in [2.05, 4.69) is 9.88 Å². The molecule has 2 aromatic carbocycles. The van der Waals surface area contributed by atoms with Crippen molar-refractivity contribution in [3.63, 3.8) is 0 Å². The van der Waals surface area contributed by atoms with Gasteiger partial charge >= 0.3 is 0 Å². The van der Waals surface area contributed by atoms with Crippen LogP contribution in [0.1, 0.15) is 28.9 Å². The van der Waals surface area contributed by atoms with E-state index in [0.29, 0.717) is 47.5 Å². The number of methoxy groups -OCH3 is 1. The molecule has 0 radical (unpaired) electrons. The van der Waals surface area contributed by atoms with Crippen molar-refractivity contribution in [1.29, 1.82) is 0 Å². The third-order valence-corrected chi connectivity index (χ3v) is 7.52. The lowest BCUT2D eigenvalue weighted by Gasteiger charge is -2.34. The number of carbonyl (C=O) groups is 1. The number of carbonyl (C=O) groups excluding carboxylic acids is 1. The molecule has 210 valence electrons. The van der Waals surface area contributed by atoms with E-state index in [-0.39, 0.29) is 29.1 Å². The highest BCUT2D eigenvalue weighted by Gasteiger charge is 2.25. The summed E-state index contributed by atoms with van der Waals surface area (Å²) in [7, 11) is 1.47. The number of anilines is 1. The molecule has 5 rings (SSSR count). The van der Waals surface area contributed by atoms with Crippen molar-refractivity contribution in [2.45, 2.75) is 13.0 Å². The van der Waals surface area contributed by atoms with Gasteiger partial charge in [-0.15, -0.1) is 0 Å². The van der Waals surface area contributed by atoms with Gasteiger partial charge in [0, 0.05) is 50.0 Å². The van der Waals surface area contributed by atoms with Gasteiger partial charge in [-0.05, 0) is 36.8 Å². The zero-order valence-electron chi connectivity index (χ0n) is 22.2. The zero-order valence-corrected chi connectivity index (χ0v) is 22.9. The van der Waals surface area contributed by atoms with Crippen molar-refractivity contribution in [3.05, 3.63) is 70.8 Å². The number of halogens is 2. The maximum Gasteiger partial charge on any atom is 0.253 e. The van der Waals surface area contributed by atoms with Crippen LogP contribution in [-0.2, 0) is 0 Å². The molecule has 2 aromatic heterocycles. The summed E-state index contributed by atoms with van der Waals surface area (Å²) in [4.78, 5) is 21.3. The van der Waals surface area contributed by atoms with Gasteiger partial charge in [0.15, 0.2) is 11.4 Å². The third kappa shape index (κ3) is 5.30. The number of amides is 1. The Morgan fingerprint density at radius 2 is 1.93 bits per heavy atom. The molecule has 1 aliphatic heterocycles. The first-order chi connectivity index (χ1) is 19.3. The summed E-state index contributed by atoms with van der Waals surface area (Å²) in [6.07, 6.45) is 2.44. The number of hydrogen-bond donors (Lipinski definition) is 2. The van der Waals surface area contributed by atoms with Gasteiger partial charge in [0.2, 0.25) is 5.75 Å². The second kappa shape index (κ2) is 11.7. The molecule has 1 aliphatic rings. The number of β-amino-alcohol motifs (C(OH)–C–C–N with tert-alkyl or cyclic N) is 1. The molecule has 11 heteroatoms. The molecule has 4 aromatic rings. The van der Waals surface area contributed by atoms with Crippen LogP contribution in [0.25, 0.3) is 22.1 Å². The fourth-order valence-electron chi connectivity index (χ4n) is 4.95. The number of benzene rings is 2. The van der Waals surface area contributed by atoms with Crippen LogP contribution in [0.15, 0.2) is 53.3 Å². The van der Waals surface area contributed by atoms with Gasteiger partial charge in [-0.1, -0.05) is 23.7 Å². The topological polar surface area (TPSA) is 114 Å². The molecule has 0 aliphatic carbocycles. The molecule has 9 nitrogen and oxygen atoms in total. The van der Waals surface area contributed by atoms with E-state index in [0.717, 1.165) is 24.2 Å². The molecule has 40 heavy (non-hydrogen) atoms. The SMILES string of the molecule is COc1ccc(F)c(Cl)c1C(C)Oc1c(N)ncc2c(-c3ccc(C(=O)N4CCN(CCO)CC4)cc3)coc12. The second-order valence-electron chi connectivity index (χ2n) is 9.54. The average molecular weight is 569 g/mol. The molecule has 1 atom stereocenters. The molecule has 0 bridgehead atoms. The van der Waals surface area contributed by atoms with Crippen molar-refractivity contribution in [2.75, 3.05) is 52.2 Å². The number of nitrogen functional groups attached to an aromatic ring is 1. The van der Waals surface area contributed by atoms with Gasteiger partial charge in [-0.25, -0.2) is 9.37 Å². The van der Waals surface area contributed by atoms with Crippen molar-refractivity contribution in [1.82, 2.24) is 14.8 Å². The average Bonchev–Trinajstić information content (AvgIpc) is 3.40. The van der Waals surface area contributed by atoms with Gasteiger partial charge in [0.25, 0.3) is 5.91 Å². The molecule has 1 unspecified atom stereocenters. The second-order valence-corrected chi connectivity index (χ2v) is 9.91. The number of piperazine rings is 1. The van der Waals surface area contributed by atoms with Gasteiger partial charge in [-0.3, -0.25) is 9.69 Å². The first-order valence-corrected chi connectivity index (χ1v) is 13.3. The maximum absolute atomic E-state index is 14.2. The van der Waals surface area contributed by atoms with Gasteiger partial charge < -0.3 is 29.6 Å². The number of aliphatic hydroxyl groups excluding tert-OH is 1. The number of aliphatic hydroxyl groups is 1. The largest absolute Gasteiger partial charge is 0.496 e. The summed E-state index contributed by atoms with van der Waals surface area (Å²) >= 11 is 6.24. The summed E-state index contributed by atoms with van der Waals surface area (Å²) in [6.45, 7) is 5.15. The van der Waals surface area contributed by atoms with Crippen molar-refractivity contribution in [3.8, 4) is 22.6 Å². The number of hydrogen-bond acceptors (Lipinski definition) is 8. The van der Waals surface area contributed by atoms with Crippen LogP contribution < -0.4 is 15.2 Å². The van der Waals surface area contributed by atoms with Gasteiger partial charge in [0.05, 0.1) is 36.0 Å². The minimum absolute atomic E-state index is 0.0298. The third-order valence-electron chi connectivity index (χ3n) is 7.13. The highest BCUT2D eigenvalue weighted by atomic mass is 35.5. The van der Waals surface area contributed by atoms with Crippen molar-refractivity contribution < 1.29 is 28.2 Å². The number of nitrogens with two attached hydrogens (primary N) is 1. The van der Waals surface area contributed by atoms with E-state index in [1.54, 1.807) is 31.5 Å². The summed E-state index contributed by atoms with van der Waals surface area (Å²) in [6, 6.07) is 10.0. The molecule has 3 heterocycles. The molecule has 1 saturated heterocycles. The van der Waals surface area contributed by atoms with Crippen molar-refractivity contribution >= 4 is 34.3 Å². The fraction of sp³-hybridized carbons (Fsp3) is 0.310. The monoisotopic (exact) mass is 568 g/mol. The van der Waals surface area contributed by atoms with E-state index < -0.39 is 11.9 Å². The normalized spacial score (nSPS) is 14.9. The Hall–Kier alpha value is -3.86. The summed E-state index contributed by atoms with van der Waals surface area (Å²) < 4.78 is 31.6. The lowest BCUT2D eigenvalue weighted by molar-refractivity contribution is 0.0615. The van der Waals surface area contributed by atoms with E-state index in [4.69, 9.17) is 36.3 Å². The Morgan fingerprint density at radius 3 is 2.60 bits per heavy atom. The van der Waals surface area contributed by atoms with Gasteiger partial charge in [0.1, 0.15) is 17.7 Å². The molecular weight excluding hydrogens is 539 g/mol. The zero-order chi connectivity index (χ0) is 28.4. The lowest BCUT2D eigenvalue weighted by atomic mass is 10.0. The van der Waals surface area contributed by atoms with Crippen LogP contribution in [0, 0.1) is 5.82 Å². The Morgan fingerprint density at radius 1 is 1.20 bits per heavy atom. The molecule has 1 fully saturated rings. The number of pyridine rings is 1. The quantitative estimate of drug-likeness (QED) is 0.312. The highest BCUT2D eigenvalue weighted by Crippen LogP contribution is 2.42. The Kier molecular flexibility index (Phi) is 8.11. The fourth-order valence-corrected chi connectivity index (χ4v) is 5.26. The Balaban J connectivity index is 1.38. The minimum Gasteiger partial charge on any atom is -0.496 e. The Labute approximate surface area is 235 Å². The first-order valence-electron chi connectivity index (χ1n) is 12.9. The van der Waals surface area contributed by atoms with Crippen molar-refractivity contribution in [2.24, 2.45) is 0 Å². The number of rotatable bonds is 8. The molecule has 1 amide bonds. The number of nitrogens with zero attached hydrogens (tertiary/aromatic N) is 3. The summed E-state index contributed by atoms with van der Waals surface area (Å²) in [5.74, 6) is 0.0538. The van der Waals surface area contributed by atoms with E-state index in [1.807, 2.05) is 17.0 Å². The van der Waals surface area contributed by atoms with Crippen LogP contribution in [-0.4, -0.2) is 72.2 Å². The summed E-state index contributed by atoms with van der Waals surface area (Å²) in [5, 5.41) is 9.68. The number of ether oxygens (including phenoxy) is 2. The van der Waals surface area contributed by atoms with Crippen LogP contribution in [0.3, 0.4) is 0 Å². The molecular formula is C29H30ClFN4O5. The molecule has 0 saturated carbocycles. The van der Waals surface area contributed by atoms with E-state index >= 15 is 0 Å². The Bertz CT molecular complexity index is 1520. The van der Waals surface area contributed by atoms with Crippen LogP contribution >= 0.6 is 11.6 Å². The maximum atomic E-state index is 14.2. The van der Waals surface area contributed by atoms with Crippen LogP contribution in [0.2, 0.25) is 5.02 Å². The molecule has 3 N–H and O–H groups in total. The van der Waals surface area contributed by atoms with E-state index in [1.165, 1.54) is 19.2 Å². The van der Waals surface area contributed by atoms with E-state index in [9.17, 15) is 9.18 Å². The van der Waals surface area contributed by atoms with Gasteiger partial charge in [-0.2, -0.15) is 0 Å². The smallest absolute Gasteiger partial charge is 0.253 e. The predicted octanol–water partition coefficient (Wildman–Crippen LogP) is 4.77. The number of furan rings is 1. The number of fused-ring (bicyclic) bond motifs is 1. The minimum atomic E-state index is -0.739. The van der Waals surface area contributed by atoms with Crippen LogP contribution in [0.4, 0.5) is 10.2 Å². The first kappa shape index (κ1) is 27.7. The lowest BCUT2D eigenvalue weighted by Crippen LogP contribution is -2.49. The molecule has 0 spiro atoms. The summed E-state index contributed by atoms with van der Waals surface area (Å²) in [5.41, 5.74) is 9.03. The standard InChI is InChI=1S/C29H30ClFN4O5/c1-17(24-23(38-2)8-7-22(31)25(24)30)40-27-26-20(15-33-28(27)32)21(16-39-26)18-3-5-19(6-4-18)29(37)35-11-9-34(10-12-35)13-14-36/h3-8,15-17,36H,9-14H2,1-2H3,(H2,32,33). The van der Waals surface area contributed by atoms with Crippen LogP contribution in [0.5, 0.6) is 11.5 Å². The highest BCUT2D eigenvalue weighted by molar-refractivity contribution is 6.31.